The van der Waals surface area contributed by atoms with Crippen LogP contribution in [0.15, 0.2) is 53.5 Å². The van der Waals surface area contributed by atoms with Crippen molar-refractivity contribution < 1.29 is 4.74 Å². The highest BCUT2D eigenvalue weighted by Gasteiger charge is 2.07. The molecule has 1 heterocycles. The Balaban J connectivity index is 0.00000320. The van der Waals surface area contributed by atoms with Gasteiger partial charge in [-0.2, -0.15) is 0 Å². The highest BCUT2D eigenvalue weighted by Crippen LogP contribution is 2.12. The molecule has 0 spiro atoms. The van der Waals surface area contributed by atoms with Crippen molar-refractivity contribution in [1.29, 1.82) is 0 Å². The summed E-state index contributed by atoms with van der Waals surface area (Å²) in [6.45, 7) is 3.58. The molecule has 3 aromatic rings. The van der Waals surface area contributed by atoms with Gasteiger partial charge in [0.25, 0.3) is 0 Å². The molecule has 0 aliphatic carbocycles. The normalized spacial score (nSPS) is 11.0. The lowest BCUT2D eigenvalue weighted by atomic mass is 10.2. The summed E-state index contributed by atoms with van der Waals surface area (Å²) in [5, 5.41) is 15.7. The van der Waals surface area contributed by atoms with E-state index in [0.717, 1.165) is 28.5 Å². The lowest BCUT2D eigenvalue weighted by molar-refractivity contribution is 0.414. The number of hydrogen-bond donors (Lipinski definition) is 2. The summed E-state index contributed by atoms with van der Waals surface area (Å²) < 4.78 is 7.16. The van der Waals surface area contributed by atoms with E-state index in [2.05, 4.69) is 25.8 Å². The average molecular weight is 541 g/mol. The predicted molar refractivity (Wildman–Crippen MR) is 130 cm³/mol. The van der Waals surface area contributed by atoms with Crippen molar-refractivity contribution in [1.82, 2.24) is 25.4 Å². The van der Waals surface area contributed by atoms with Crippen molar-refractivity contribution in [3.8, 4) is 5.75 Å². The fraction of sp³-hybridized carbons (Fsp3) is 0.286. The number of aromatic nitrogens is 3. The predicted octanol–water partition coefficient (Wildman–Crippen LogP) is 3.84. The first-order chi connectivity index (χ1) is 14.0. The molecule has 0 aliphatic rings. The maximum absolute atomic E-state index is 6.08. The van der Waals surface area contributed by atoms with Crippen LogP contribution in [0.5, 0.6) is 5.75 Å². The van der Waals surface area contributed by atoms with Crippen LogP contribution in [-0.4, -0.2) is 27.8 Å². The zero-order valence-corrected chi connectivity index (χ0v) is 20.3. The van der Waals surface area contributed by atoms with Crippen LogP contribution in [0.2, 0.25) is 5.02 Å². The molecule has 160 valence electrons. The zero-order chi connectivity index (χ0) is 20.6. The molecular weight excluding hydrogens is 515 g/mol. The molecule has 9 heteroatoms. The first-order valence-electron chi connectivity index (χ1n) is 9.29. The van der Waals surface area contributed by atoms with Crippen molar-refractivity contribution in [3.63, 3.8) is 0 Å². The molecule has 0 saturated heterocycles. The number of aliphatic imine (C=N–C) groups is 1. The van der Waals surface area contributed by atoms with Crippen molar-refractivity contribution in [2.75, 3.05) is 7.11 Å². The Bertz CT molecular complexity index is 974. The molecule has 0 bridgehead atoms. The quantitative estimate of drug-likeness (QED) is 0.271. The summed E-state index contributed by atoms with van der Waals surface area (Å²) >= 11 is 6.08. The molecule has 1 aromatic heterocycles. The number of nitrogens with one attached hydrogen (secondary N) is 2. The highest BCUT2D eigenvalue weighted by molar-refractivity contribution is 14.0. The van der Waals surface area contributed by atoms with Crippen molar-refractivity contribution in [2.45, 2.75) is 26.6 Å². The summed E-state index contributed by atoms with van der Waals surface area (Å²) in [6, 6.07) is 15.6. The molecule has 0 unspecified atom stereocenters. The number of hydrogen-bond acceptors (Lipinski definition) is 4. The monoisotopic (exact) mass is 540 g/mol. The molecule has 7 nitrogen and oxygen atoms in total. The third kappa shape index (κ3) is 6.88. The number of methoxy groups -OCH3 is 1. The molecule has 0 fully saturated rings. The minimum atomic E-state index is 0. The van der Waals surface area contributed by atoms with E-state index in [1.165, 1.54) is 0 Å². The summed E-state index contributed by atoms with van der Waals surface area (Å²) in [5.41, 5.74) is 2.16. The van der Waals surface area contributed by atoms with E-state index in [4.69, 9.17) is 16.3 Å². The van der Waals surface area contributed by atoms with Gasteiger partial charge < -0.3 is 19.9 Å². The first kappa shape index (κ1) is 23.9. The van der Waals surface area contributed by atoms with E-state index in [-0.39, 0.29) is 24.0 Å². The third-order valence-electron chi connectivity index (χ3n) is 4.52. The van der Waals surface area contributed by atoms with Crippen molar-refractivity contribution >= 4 is 41.5 Å². The number of nitrogens with zero attached hydrogens (tertiary/aromatic N) is 4. The molecule has 0 aliphatic heterocycles. The van der Waals surface area contributed by atoms with Crippen molar-refractivity contribution in [3.05, 3.63) is 76.3 Å². The maximum atomic E-state index is 6.08. The van der Waals surface area contributed by atoms with Crippen molar-refractivity contribution in [2.24, 2.45) is 12.0 Å². The lowest BCUT2D eigenvalue weighted by Gasteiger charge is -2.13. The largest absolute Gasteiger partial charge is 0.497 e. The highest BCUT2D eigenvalue weighted by atomic mass is 127. The van der Waals surface area contributed by atoms with Crippen LogP contribution in [0.3, 0.4) is 0 Å². The van der Waals surface area contributed by atoms with Gasteiger partial charge in [-0.1, -0.05) is 35.9 Å². The van der Waals surface area contributed by atoms with E-state index in [0.29, 0.717) is 30.6 Å². The van der Waals surface area contributed by atoms with Gasteiger partial charge in [-0.05, 0) is 42.3 Å². The fourth-order valence-corrected chi connectivity index (χ4v) is 2.89. The Morgan fingerprint density at radius 3 is 2.43 bits per heavy atom. The van der Waals surface area contributed by atoms with Gasteiger partial charge in [0.1, 0.15) is 11.6 Å². The van der Waals surface area contributed by atoms with Crippen LogP contribution >= 0.6 is 35.6 Å². The Labute approximate surface area is 198 Å². The van der Waals surface area contributed by atoms with Crippen LogP contribution in [-0.2, 0) is 26.7 Å². The summed E-state index contributed by atoms with van der Waals surface area (Å²) in [6.07, 6.45) is 0. The molecular formula is C21H26ClIN6O. The van der Waals surface area contributed by atoms with E-state index >= 15 is 0 Å². The van der Waals surface area contributed by atoms with Crippen LogP contribution in [0.1, 0.15) is 22.8 Å². The number of benzene rings is 2. The molecule has 3 rings (SSSR count). The molecule has 0 saturated carbocycles. The van der Waals surface area contributed by atoms with Crippen LogP contribution < -0.4 is 15.4 Å². The van der Waals surface area contributed by atoms with Gasteiger partial charge in [0.2, 0.25) is 0 Å². The Hall–Kier alpha value is -2.33. The van der Waals surface area contributed by atoms with E-state index < -0.39 is 0 Å². The Morgan fingerprint density at radius 2 is 1.80 bits per heavy atom. The maximum Gasteiger partial charge on any atom is 0.192 e. The van der Waals surface area contributed by atoms with Crippen LogP contribution in [0.25, 0.3) is 0 Å². The van der Waals surface area contributed by atoms with Gasteiger partial charge in [0, 0.05) is 18.6 Å². The number of aryl methyl sites for hydroxylation is 1. The Morgan fingerprint density at radius 1 is 1.07 bits per heavy atom. The van der Waals surface area contributed by atoms with Gasteiger partial charge in [0.05, 0.1) is 20.2 Å². The van der Waals surface area contributed by atoms with Gasteiger partial charge in [0.15, 0.2) is 11.8 Å². The smallest absolute Gasteiger partial charge is 0.192 e. The van der Waals surface area contributed by atoms with Gasteiger partial charge in [-0.3, -0.25) is 0 Å². The molecule has 0 radical (unpaired) electrons. The molecule has 0 amide bonds. The summed E-state index contributed by atoms with van der Waals surface area (Å²) in [4.78, 5) is 4.69. The first-order valence-corrected chi connectivity index (χ1v) is 9.67. The van der Waals surface area contributed by atoms with Gasteiger partial charge in [-0.25, -0.2) is 4.99 Å². The molecule has 2 N–H and O–H groups in total. The molecule has 0 atom stereocenters. The zero-order valence-electron chi connectivity index (χ0n) is 17.2. The second kappa shape index (κ2) is 11.8. The molecule has 2 aromatic carbocycles. The topological polar surface area (TPSA) is 76.4 Å². The minimum absolute atomic E-state index is 0. The van der Waals surface area contributed by atoms with E-state index in [1.807, 2.05) is 67.1 Å². The second-order valence-corrected chi connectivity index (χ2v) is 7.01. The van der Waals surface area contributed by atoms with E-state index in [9.17, 15) is 0 Å². The fourth-order valence-electron chi connectivity index (χ4n) is 2.68. The number of guanidine groups is 1. The summed E-state index contributed by atoms with van der Waals surface area (Å²) in [5.74, 6) is 3.22. The number of rotatable bonds is 7. The second-order valence-electron chi connectivity index (χ2n) is 6.57. The standard InChI is InChI=1S/C21H25ClN6O.HI/c1-15-26-27-20(28(15)2)14-25-21(24-13-17-5-4-6-18(22)11-17)23-12-16-7-9-19(29-3)10-8-16;/h4-11H,12-14H2,1-3H3,(H2,23,24,25);1H. The number of halogens is 2. The molecule has 30 heavy (non-hydrogen) atoms. The summed E-state index contributed by atoms with van der Waals surface area (Å²) in [7, 11) is 3.60. The van der Waals surface area contributed by atoms with Gasteiger partial charge in [-0.15, -0.1) is 34.2 Å². The van der Waals surface area contributed by atoms with Gasteiger partial charge >= 0.3 is 0 Å². The lowest BCUT2D eigenvalue weighted by Crippen LogP contribution is -2.37. The average Bonchev–Trinajstić information content (AvgIpc) is 3.06. The van der Waals surface area contributed by atoms with E-state index in [1.54, 1.807) is 7.11 Å². The third-order valence-corrected chi connectivity index (χ3v) is 4.76. The SMILES string of the molecule is COc1ccc(CNC(=NCc2cccc(Cl)c2)NCc2nnc(C)n2C)cc1.I. The van der Waals surface area contributed by atoms with Crippen LogP contribution in [0, 0.1) is 6.92 Å². The van der Waals surface area contributed by atoms with Crippen LogP contribution in [0.4, 0.5) is 0 Å². The Kier molecular flexibility index (Phi) is 9.38. The number of ether oxygens (including phenoxy) is 1. The minimum Gasteiger partial charge on any atom is -0.497 e.